The Labute approximate surface area is 345 Å². The molecular weight excluding hydrogens is 757 g/mol. The van der Waals surface area contributed by atoms with Crippen LogP contribution in [0.1, 0.15) is 56.4 Å². The lowest BCUT2D eigenvalue weighted by Gasteiger charge is -2.31. The molecule has 59 heavy (non-hydrogen) atoms. The lowest BCUT2D eigenvalue weighted by molar-refractivity contribution is -0.127. The van der Waals surface area contributed by atoms with Crippen molar-refractivity contribution in [3.05, 3.63) is 120 Å². The number of amides is 4. The largest absolute Gasteiger partial charge is 0.481 e. The van der Waals surface area contributed by atoms with E-state index < -0.39 is 54.3 Å². The molecule has 316 valence electrons. The highest BCUT2D eigenvalue weighted by Crippen LogP contribution is 2.17. The van der Waals surface area contributed by atoms with Gasteiger partial charge in [-0.05, 0) is 54.4 Å². The fraction of sp³-hybridized carbons (Fsp3) is 0.409. The van der Waals surface area contributed by atoms with Gasteiger partial charge in [-0.15, -0.1) is 0 Å². The summed E-state index contributed by atoms with van der Waals surface area (Å²) in [5.41, 5.74) is 3.03. The van der Waals surface area contributed by atoms with Crippen molar-refractivity contribution in [2.75, 3.05) is 14.2 Å². The molecule has 15 nitrogen and oxygen atoms in total. The zero-order chi connectivity index (χ0) is 42.7. The van der Waals surface area contributed by atoms with E-state index in [0.717, 1.165) is 11.1 Å². The average Bonchev–Trinajstić information content (AvgIpc) is 3.23. The molecule has 15 heteroatoms. The van der Waals surface area contributed by atoms with Gasteiger partial charge in [0.1, 0.15) is 25.3 Å². The number of alkyl carbamates (subject to hydrolysis) is 2. The molecule has 0 aliphatic rings. The number of nitrogens with zero attached hydrogens (tertiary/aromatic N) is 2. The summed E-state index contributed by atoms with van der Waals surface area (Å²) in [7, 11) is 3.00. The van der Waals surface area contributed by atoms with E-state index in [-0.39, 0.29) is 37.9 Å². The van der Waals surface area contributed by atoms with Crippen LogP contribution in [-0.2, 0) is 45.1 Å². The van der Waals surface area contributed by atoms with Gasteiger partial charge < -0.3 is 45.3 Å². The minimum atomic E-state index is -1.16. The molecule has 4 rings (SSSR count). The van der Waals surface area contributed by atoms with Gasteiger partial charge in [0, 0.05) is 41.7 Å². The molecule has 4 amide bonds. The number of nitrogens with one attached hydrogen (secondary N) is 4. The first kappa shape index (κ1) is 45.5. The maximum atomic E-state index is 13.9. The standard InChI is InChI=1S/C44H56N6O9/c1-28(2)39(49-43(54)58-26-32-17-19-37(56-5)45-24-32)41(52)47-34(21-30-13-9-7-10-14-30)23-36(51)35(22-31-15-11-8-12-16-31)48-42(53)40(29(3)4)50-44(55)59-27-33-18-20-38(57-6)46-25-33/h7-20,24-25,28-29,34-36,39-40,51H,21-23,26-27H2,1-6H3,(H,47,52)(H,48,53)(H,49,54)(H,50,55)/t34-,35-,36-,39-,40-/m0/s1. The summed E-state index contributed by atoms with van der Waals surface area (Å²) < 4.78 is 20.9. The number of hydrogen-bond acceptors (Lipinski definition) is 11. The van der Waals surface area contributed by atoms with Crippen molar-refractivity contribution in [3.8, 4) is 11.8 Å². The van der Waals surface area contributed by atoms with Crippen LogP contribution in [0.4, 0.5) is 9.59 Å². The number of benzene rings is 2. The number of carbonyl (C=O) groups excluding carboxylic acids is 4. The van der Waals surface area contributed by atoms with Crippen LogP contribution in [0.25, 0.3) is 0 Å². The molecule has 2 aromatic carbocycles. The minimum Gasteiger partial charge on any atom is -0.481 e. The normalized spacial score (nSPS) is 13.6. The van der Waals surface area contributed by atoms with Crippen molar-refractivity contribution >= 4 is 24.0 Å². The minimum absolute atomic E-state index is 0.0376. The number of carbonyl (C=O) groups is 4. The van der Waals surface area contributed by atoms with Gasteiger partial charge >= 0.3 is 12.2 Å². The van der Waals surface area contributed by atoms with Gasteiger partial charge in [-0.2, -0.15) is 0 Å². The SMILES string of the molecule is COc1ccc(COC(=O)N[C@H](C(=O)N[C@@H](Cc2ccccc2)C[C@H](O)[C@H](Cc2ccccc2)NC(=O)[C@@H](NC(=O)OCc2ccc(OC)nc2)C(C)C)C(C)C)cn1. The summed E-state index contributed by atoms with van der Waals surface area (Å²) in [6, 6.07) is 22.2. The molecule has 5 N–H and O–H groups in total. The van der Waals surface area contributed by atoms with E-state index in [1.54, 1.807) is 52.0 Å². The molecule has 0 bridgehead atoms. The highest BCUT2D eigenvalue weighted by Gasteiger charge is 2.33. The monoisotopic (exact) mass is 812 g/mol. The van der Waals surface area contributed by atoms with Gasteiger partial charge in [0.25, 0.3) is 0 Å². The third kappa shape index (κ3) is 15.2. The lowest BCUT2D eigenvalue weighted by Crippen LogP contribution is -2.56. The first-order chi connectivity index (χ1) is 28.3. The topological polar surface area (TPSA) is 199 Å². The second-order valence-electron chi connectivity index (χ2n) is 14.8. The zero-order valence-electron chi connectivity index (χ0n) is 34.4. The van der Waals surface area contributed by atoms with Crippen LogP contribution in [0, 0.1) is 11.8 Å². The van der Waals surface area contributed by atoms with Gasteiger partial charge in [-0.25, -0.2) is 19.6 Å². The Bertz CT molecular complexity index is 1900. The molecule has 0 spiro atoms. The van der Waals surface area contributed by atoms with Crippen LogP contribution in [-0.4, -0.2) is 83.6 Å². The van der Waals surface area contributed by atoms with Gasteiger partial charge in [0.2, 0.25) is 23.6 Å². The van der Waals surface area contributed by atoms with Crippen molar-refractivity contribution in [3.63, 3.8) is 0 Å². The first-order valence-electron chi connectivity index (χ1n) is 19.6. The van der Waals surface area contributed by atoms with Crippen LogP contribution >= 0.6 is 0 Å². The number of methoxy groups -OCH3 is 2. The number of aromatic nitrogens is 2. The van der Waals surface area contributed by atoms with Crippen LogP contribution in [0.5, 0.6) is 11.8 Å². The predicted molar refractivity (Wildman–Crippen MR) is 220 cm³/mol. The first-order valence-corrected chi connectivity index (χ1v) is 19.6. The molecule has 0 saturated carbocycles. The molecule has 0 aliphatic heterocycles. The Morgan fingerprint density at radius 2 is 1.02 bits per heavy atom. The molecule has 4 aromatic rings. The molecule has 0 radical (unpaired) electrons. The van der Waals surface area contributed by atoms with Crippen molar-refractivity contribution in [2.24, 2.45) is 11.8 Å². The van der Waals surface area contributed by atoms with E-state index in [9.17, 15) is 24.3 Å². The van der Waals surface area contributed by atoms with Gasteiger partial charge in [0.05, 0.1) is 26.4 Å². The smallest absolute Gasteiger partial charge is 0.408 e. The molecule has 5 atom stereocenters. The van der Waals surface area contributed by atoms with E-state index in [0.29, 0.717) is 29.3 Å². The molecule has 0 saturated heterocycles. The summed E-state index contributed by atoms with van der Waals surface area (Å²) in [5.74, 6) is -0.798. The van der Waals surface area contributed by atoms with Gasteiger partial charge in [-0.3, -0.25) is 9.59 Å². The van der Waals surface area contributed by atoms with Gasteiger partial charge in [0.15, 0.2) is 0 Å². The number of aliphatic hydroxyl groups excluding tert-OH is 1. The van der Waals surface area contributed by atoms with Crippen LogP contribution in [0.15, 0.2) is 97.3 Å². The molecule has 2 heterocycles. The second kappa shape index (κ2) is 23.3. The lowest BCUT2D eigenvalue weighted by atomic mass is 9.92. The van der Waals surface area contributed by atoms with E-state index >= 15 is 0 Å². The summed E-state index contributed by atoms with van der Waals surface area (Å²) in [5, 5.41) is 23.3. The maximum Gasteiger partial charge on any atom is 0.408 e. The van der Waals surface area contributed by atoms with Crippen molar-refractivity contribution in [2.45, 2.75) is 90.4 Å². The number of hydrogen-bond donors (Lipinski definition) is 5. The highest BCUT2D eigenvalue weighted by atomic mass is 16.6. The van der Waals surface area contributed by atoms with Crippen LogP contribution in [0.2, 0.25) is 0 Å². The summed E-state index contributed by atoms with van der Waals surface area (Å²) in [6.07, 6.45) is 0.957. The Hall–Kier alpha value is -6.22. The Balaban J connectivity index is 1.47. The van der Waals surface area contributed by atoms with Crippen molar-refractivity contribution in [1.82, 2.24) is 31.2 Å². The fourth-order valence-electron chi connectivity index (χ4n) is 6.20. The molecule has 2 aromatic heterocycles. The Morgan fingerprint density at radius 1 is 0.576 bits per heavy atom. The van der Waals surface area contributed by atoms with Gasteiger partial charge in [-0.1, -0.05) is 88.4 Å². The third-order valence-electron chi connectivity index (χ3n) is 9.49. The molecule has 0 unspecified atom stereocenters. The van der Waals surface area contributed by atoms with Crippen molar-refractivity contribution < 1.29 is 43.2 Å². The fourth-order valence-corrected chi connectivity index (χ4v) is 6.20. The number of aliphatic hydroxyl groups is 1. The van der Waals surface area contributed by atoms with E-state index in [2.05, 4.69) is 31.2 Å². The number of pyridine rings is 2. The summed E-state index contributed by atoms with van der Waals surface area (Å²) in [4.78, 5) is 61.8. The quantitative estimate of drug-likeness (QED) is 0.0767. The van der Waals surface area contributed by atoms with E-state index in [4.69, 9.17) is 18.9 Å². The number of ether oxygens (including phenoxy) is 4. The average molecular weight is 813 g/mol. The Kier molecular flexibility index (Phi) is 17.9. The third-order valence-corrected chi connectivity index (χ3v) is 9.49. The zero-order valence-corrected chi connectivity index (χ0v) is 34.4. The molecule has 0 fully saturated rings. The van der Waals surface area contributed by atoms with Crippen LogP contribution < -0.4 is 30.7 Å². The highest BCUT2D eigenvalue weighted by molar-refractivity contribution is 5.87. The predicted octanol–water partition coefficient (Wildman–Crippen LogP) is 4.90. The molecular formula is C44H56N6O9. The van der Waals surface area contributed by atoms with Crippen LogP contribution in [0.3, 0.4) is 0 Å². The number of rotatable bonds is 21. The van der Waals surface area contributed by atoms with E-state index in [1.807, 2.05) is 60.7 Å². The molecule has 0 aliphatic carbocycles. The van der Waals surface area contributed by atoms with Crippen molar-refractivity contribution in [1.29, 1.82) is 0 Å². The Morgan fingerprint density at radius 3 is 1.42 bits per heavy atom. The maximum absolute atomic E-state index is 13.9. The van der Waals surface area contributed by atoms with E-state index in [1.165, 1.54) is 26.6 Å². The summed E-state index contributed by atoms with van der Waals surface area (Å²) in [6.45, 7) is 7.04. The summed E-state index contributed by atoms with van der Waals surface area (Å²) >= 11 is 0. The second-order valence-corrected chi connectivity index (χ2v) is 14.8.